The SMILES string of the molecule is O=S(=O)(c1ccccc1C(F)(F)F)N1CCN(c2nc(Cc3ccccc3)cs2)CC1. The van der Waals surface area contributed by atoms with Gasteiger partial charge in [-0.15, -0.1) is 11.3 Å². The molecule has 1 aromatic heterocycles. The third-order valence-corrected chi connectivity index (χ3v) is 7.99. The number of nitrogens with zero attached hydrogens (tertiary/aromatic N) is 3. The zero-order valence-electron chi connectivity index (χ0n) is 16.4. The van der Waals surface area contributed by atoms with Crippen molar-refractivity contribution in [1.82, 2.24) is 9.29 Å². The number of hydrogen-bond donors (Lipinski definition) is 0. The molecule has 31 heavy (non-hydrogen) atoms. The van der Waals surface area contributed by atoms with Crippen molar-refractivity contribution in [3.8, 4) is 0 Å². The van der Waals surface area contributed by atoms with Crippen LogP contribution in [0.2, 0.25) is 0 Å². The van der Waals surface area contributed by atoms with Gasteiger partial charge in [0.1, 0.15) is 0 Å². The van der Waals surface area contributed by atoms with E-state index in [1.54, 1.807) is 0 Å². The maximum absolute atomic E-state index is 13.3. The Bertz CT molecular complexity index is 1140. The average Bonchev–Trinajstić information content (AvgIpc) is 3.22. The summed E-state index contributed by atoms with van der Waals surface area (Å²) in [5.74, 6) is 0. The Balaban J connectivity index is 1.45. The topological polar surface area (TPSA) is 53.5 Å². The van der Waals surface area contributed by atoms with Crippen molar-refractivity contribution in [2.45, 2.75) is 17.5 Å². The molecule has 2 aromatic carbocycles. The lowest BCUT2D eigenvalue weighted by Crippen LogP contribution is -2.49. The third-order valence-electron chi connectivity index (χ3n) is 5.09. The standard InChI is InChI=1S/C21H20F3N3O2S2/c22-21(23,24)18-8-4-5-9-19(18)31(28,29)27-12-10-26(11-13-27)20-25-17(15-30-20)14-16-6-2-1-3-7-16/h1-9,15H,10-14H2. The smallest absolute Gasteiger partial charge is 0.345 e. The summed E-state index contributed by atoms with van der Waals surface area (Å²) in [7, 11) is -4.25. The van der Waals surface area contributed by atoms with Crippen LogP contribution in [-0.4, -0.2) is 43.9 Å². The van der Waals surface area contributed by atoms with Crippen molar-refractivity contribution < 1.29 is 21.6 Å². The largest absolute Gasteiger partial charge is 0.417 e. The van der Waals surface area contributed by atoms with Crippen LogP contribution in [0.15, 0.2) is 64.9 Å². The van der Waals surface area contributed by atoms with Gasteiger partial charge >= 0.3 is 6.18 Å². The molecule has 0 N–H and O–H groups in total. The lowest BCUT2D eigenvalue weighted by atomic mass is 10.1. The molecule has 0 atom stereocenters. The molecule has 2 heterocycles. The third kappa shape index (κ3) is 4.76. The van der Waals surface area contributed by atoms with Crippen LogP contribution in [0, 0.1) is 0 Å². The second-order valence-electron chi connectivity index (χ2n) is 7.17. The number of alkyl halides is 3. The van der Waals surface area contributed by atoms with Crippen LogP contribution in [0.5, 0.6) is 0 Å². The molecule has 4 rings (SSSR count). The quantitative estimate of drug-likeness (QED) is 0.563. The molecule has 0 saturated carbocycles. The van der Waals surface area contributed by atoms with Crippen LogP contribution in [0.1, 0.15) is 16.8 Å². The molecular formula is C21H20F3N3O2S2. The number of anilines is 1. The van der Waals surface area contributed by atoms with Gasteiger partial charge in [0, 0.05) is 38.0 Å². The lowest BCUT2D eigenvalue weighted by molar-refractivity contribution is -0.139. The Morgan fingerprint density at radius 3 is 2.26 bits per heavy atom. The summed E-state index contributed by atoms with van der Waals surface area (Å²) in [6.45, 7) is 0.932. The fraction of sp³-hybridized carbons (Fsp3) is 0.286. The monoisotopic (exact) mass is 467 g/mol. The van der Waals surface area contributed by atoms with Gasteiger partial charge in [0.05, 0.1) is 16.2 Å². The molecule has 1 aliphatic heterocycles. The first kappa shape index (κ1) is 21.8. The molecule has 1 aliphatic rings. The molecule has 0 amide bonds. The number of sulfonamides is 1. The minimum Gasteiger partial charge on any atom is -0.345 e. The van der Waals surface area contributed by atoms with E-state index >= 15 is 0 Å². The number of halogens is 3. The number of hydrogen-bond acceptors (Lipinski definition) is 5. The van der Waals surface area contributed by atoms with Crippen molar-refractivity contribution in [2.24, 2.45) is 0 Å². The van der Waals surface area contributed by atoms with Crippen molar-refractivity contribution >= 4 is 26.5 Å². The van der Waals surface area contributed by atoms with E-state index in [4.69, 9.17) is 0 Å². The first-order chi connectivity index (χ1) is 14.7. The van der Waals surface area contributed by atoms with Crippen molar-refractivity contribution in [2.75, 3.05) is 31.1 Å². The normalized spacial score (nSPS) is 15.9. The highest BCUT2D eigenvalue weighted by Gasteiger charge is 2.39. The highest BCUT2D eigenvalue weighted by atomic mass is 32.2. The molecule has 0 bridgehead atoms. The number of benzene rings is 2. The Labute approximate surface area is 182 Å². The number of aromatic nitrogens is 1. The first-order valence-corrected chi connectivity index (χ1v) is 12.0. The van der Waals surface area contributed by atoms with Gasteiger partial charge in [0.15, 0.2) is 5.13 Å². The highest BCUT2D eigenvalue weighted by Crippen LogP contribution is 2.35. The summed E-state index contributed by atoms with van der Waals surface area (Å²) in [6, 6.07) is 14.3. The highest BCUT2D eigenvalue weighted by molar-refractivity contribution is 7.89. The summed E-state index contributed by atoms with van der Waals surface area (Å²) >= 11 is 1.48. The molecule has 1 fully saturated rings. The molecular weight excluding hydrogens is 447 g/mol. The summed E-state index contributed by atoms with van der Waals surface area (Å²) in [6.07, 6.45) is -4.03. The fourth-order valence-corrected chi connectivity index (χ4v) is 6.03. The fourth-order valence-electron chi connectivity index (χ4n) is 3.51. The molecule has 0 radical (unpaired) electrons. The lowest BCUT2D eigenvalue weighted by Gasteiger charge is -2.34. The van der Waals surface area contributed by atoms with E-state index < -0.39 is 26.7 Å². The average molecular weight is 468 g/mol. The molecule has 0 aliphatic carbocycles. The van der Waals surface area contributed by atoms with E-state index in [0.717, 1.165) is 32.8 Å². The van der Waals surface area contributed by atoms with Gasteiger partial charge in [-0.25, -0.2) is 13.4 Å². The van der Waals surface area contributed by atoms with Gasteiger partial charge in [0.2, 0.25) is 10.0 Å². The second-order valence-corrected chi connectivity index (χ2v) is 9.91. The molecule has 3 aromatic rings. The number of piperazine rings is 1. The van der Waals surface area contributed by atoms with E-state index in [2.05, 4.69) is 4.98 Å². The van der Waals surface area contributed by atoms with Gasteiger partial charge in [0.25, 0.3) is 0 Å². The molecule has 0 spiro atoms. The van der Waals surface area contributed by atoms with Gasteiger partial charge < -0.3 is 4.90 Å². The molecule has 1 saturated heterocycles. The maximum atomic E-state index is 13.3. The molecule has 5 nitrogen and oxygen atoms in total. The minimum atomic E-state index is -4.73. The predicted octanol–water partition coefficient (Wildman–Crippen LogP) is 4.26. The maximum Gasteiger partial charge on any atom is 0.417 e. The Morgan fingerprint density at radius 1 is 0.935 bits per heavy atom. The van der Waals surface area contributed by atoms with Crippen LogP contribution < -0.4 is 4.90 Å². The van der Waals surface area contributed by atoms with Gasteiger partial charge in [-0.05, 0) is 17.7 Å². The van der Waals surface area contributed by atoms with Gasteiger partial charge in [-0.3, -0.25) is 0 Å². The van der Waals surface area contributed by atoms with Crippen LogP contribution in [0.25, 0.3) is 0 Å². The van der Waals surface area contributed by atoms with E-state index in [0.29, 0.717) is 19.5 Å². The van der Waals surface area contributed by atoms with Crippen LogP contribution in [-0.2, 0) is 22.6 Å². The van der Waals surface area contributed by atoms with Crippen LogP contribution in [0.4, 0.5) is 18.3 Å². The van der Waals surface area contributed by atoms with Gasteiger partial charge in [-0.1, -0.05) is 42.5 Å². The zero-order valence-corrected chi connectivity index (χ0v) is 18.1. The van der Waals surface area contributed by atoms with E-state index in [9.17, 15) is 21.6 Å². The molecule has 0 unspecified atom stereocenters. The molecule has 10 heteroatoms. The van der Waals surface area contributed by atoms with E-state index in [-0.39, 0.29) is 13.1 Å². The van der Waals surface area contributed by atoms with E-state index in [1.807, 2.05) is 40.6 Å². The number of rotatable bonds is 5. The van der Waals surface area contributed by atoms with Crippen molar-refractivity contribution in [3.63, 3.8) is 0 Å². The number of thiazole rings is 1. The Kier molecular flexibility index (Phi) is 6.05. The van der Waals surface area contributed by atoms with Crippen molar-refractivity contribution in [3.05, 3.63) is 76.8 Å². The van der Waals surface area contributed by atoms with Gasteiger partial charge in [-0.2, -0.15) is 17.5 Å². The van der Waals surface area contributed by atoms with Crippen LogP contribution in [0.3, 0.4) is 0 Å². The Morgan fingerprint density at radius 2 is 1.58 bits per heavy atom. The first-order valence-electron chi connectivity index (χ1n) is 9.65. The predicted molar refractivity (Wildman–Crippen MR) is 114 cm³/mol. The minimum absolute atomic E-state index is 0.0993. The summed E-state index contributed by atoms with van der Waals surface area (Å²) in [5.41, 5.74) is 0.946. The molecule has 164 valence electrons. The summed E-state index contributed by atoms with van der Waals surface area (Å²) in [4.78, 5) is 5.92. The Hall–Kier alpha value is -2.43. The van der Waals surface area contributed by atoms with E-state index in [1.165, 1.54) is 23.5 Å². The second kappa shape index (κ2) is 8.60. The zero-order chi connectivity index (χ0) is 22.1. The van der Waals surface area contributed by atoms with Crippen LogP contribution >= 0.6 is 11.3 Å². The summed E-state index contributed by atoms with van der Waals surface area (Å²) in [5, 5.41) is 2.77. The summed E-state index contributed by atoms with van der Waals surface area (Å²) < 4.78 is 66.8. The van der Waals surface area contributed by atoms with Crippen molar-refractivity contribution in [1.29, 1.82) is 0 Å².